The van der Waals surface area contributed by atoms with Gasteiger partial charge in [-0.05, 0) is 11.6 Å². The second-order valence-corrected chi connectivity index (χ2v) is 5.35. The predicted molar refractivity (Wildman–Crippen MR) is 90.7 cm³/mol. The van der Waals surface area contributed by atoms with Crippen LogP contribution in [0.3, 0.4) is 0 Å². The van der Waals surface area contributed by atoms with Crippen molar-refractivity contribution in [2.45, 2.75) is 6.61 Å². The number of carbonyl (C=O) groups excluding carboxylic acids is 1. The van der Waals surface area contributed by atoms with Gasteiger partial charge in [-0.2, -0.15) is 0 Å². The van der Waals surface area contributed by atoms with Crippen LogP contribution in [0.4, 0.5) is 0 Å². The number of alkyl halides is 1. The van der Waals surface area contributed by atoms with Gasteiger partial charge in [0.1, 0.15) is 6.61 Å². The highest BCUT2D eigenvalue weighted by Gasteiger charge is 2.15. The minimum atomic E-state index is -0.128. The van der Waals surface area contributed by atoms with Gasteiger partial charge in [0.05, 0.1) is 18.5 Å². The Bertz CT molecular complexity index is 827. The van der Waals surface area contributed by atoms with Gasteiger partial charge in [0.25, 0.3) is 0 Å². The molecular weight excluding hydrogens is 314 g/mol. The maximum absolute atomic E-state index is 11.9. The molecule has 0 aliphatic heterocycles. The Morgan fingerprint density at radius 2 is 1.96 bits per heavy atom. The number of hydrogen-bond donors (Lipinski definition) is 1. The van der Waals surface area contributed by atoms with Crippen LogP contribution in [-0.4, -0.2) is 23.8 Å². The van der Waals surface area contributed by atoms with E-state index in [9.17, 15) is 4.79 Å². The Kier molecular flexibility index (Phi) is 4.53. The fraction of sp³-hybridized carbons (Fsp3) is 0.167. The molecule has 0 fully saturated rings. The normalized spacial score (nSPS) is 10.7. The molecule has 1 N–H and O–H groups in total. The molecule has 0 atom stereocenters. The molecule has 0 spiro atoms. The van der Waals surface area contributed by atoms with Crippen molar-refractivity contribution in [2.24, 2.45) is 0 Å². The number of ketones is 1. The summed E-state index contributed by atoms with van der Waals surface area (Å²) in [6.07, 6.45) is 1.66. The lowest BCUT2D eigenvalue weighted by atomic mass is 10.1. The predicted octanol–water partition coefficient (Wildman–Crippen LogP) is 4.18. The van der Waals surface area contributed by atoms with E-state index in [1.807, 2.05) is 42.5 Å². The molecular formula is C18H16ClNO3. The Balaban J connectivity index is 1.95. The molecule has 118 valence electrons. The molecule has 0 unspecified atom stereocenters. The van der Waals surface area contributed by atoms with Crippen molar-refractivity contribution in [3.05, 3.63) is 59.8 Å². The summed E-state index contributed by atoms with van der Waals surface area (Å²) in [5.74, 6) is 1.02. The first kappa shape index (κ1) is 15.4. The van der Waals surface area contributed by atoms with E-state index in [2.05, 4.69) is 4.98 Å². The lowest BCUT2D eigenvalue weighted by Crippen LogP contribution is -2.00. The maximum Gasteiger partial charge on any atom is 0.179 e. The van der Waals surface area contributed by atoms with Crippen molar-refractivity contribution < 1.29 is 14.3 Å². The summed E-state index contributed by atoms with van der Waals surface area (Å²) in [6, 6.07) is 13.5. The fourth-order valence-corrected chi connectivity index (χ4v) is 2.58. The topological polar surface area (TPSA) is 51.3 Å². The molecule has 3 aromatic rings. The average Bonchev–Trinajstić information content (AvgIpc) is 3.02. The quantitative estimate of drug-likeness (QED) is 0.545. The Hall–Kier alpha value is -2.46. The van der Waals surface area contributed by atoms with Gasteiger partial charge in [0, 0.05) is 23.2 Å². The van der Waals surface area contributed by atoms with E-state index in [0.29, 0.717) is 23.7 Å². The zero-order chi connectivity index (χ0) is 16.2. The van der Waals surface area contributed by atoms with Crippen LogP contribution >= 0.6 is 11.6 Å². The third-order valence-electron chi connectivity index (χ3n) is 3.62. The first-order valence-electron chi connectivity index (χ1n) is 7.18. The second kappa shape index (κ2) is 6.75. The fourth-order valence-electron chi connectivity index (χ4n) is 2.44. The monoisotopic (exact) mass is 329 g/mol. The number of ether oxygens (including phenoxy) is 2. The molecule has 5 heteroatoms. The summed E-state index contributed by atoms with van der Waals surface area (Å²) in [5.41, 5.74) is 2.42. The molecule has 1 aromatic heterocycles. The van der Waals surface area contributed by atoms with Crippen LogP contribution in [0, 0.1) is 0 Å². The lowest BCUT2D eigenvalue weighted by Gasteiger charge is -2.11. The standard InChI is InChI=1S/C18H16ClNO3/c1-22-17-8-15-13(14(10-20-15)16(21)9-19)7-18(17)23-11-12-5-3-2-4-6-12/h2-8,10,20H,9,11H2,1H3. The van der Waals surface area contributed by atoms with Crippen molar-refractivity contribution in [1.82, 2.24) is 4.98 Å². The zero-order valence-electron chi connectivity index (χ0n) is 12.6. The van der Waals surface area contributed by atoms with Crippen LogP contribution in [0.5, 0.6) is 11.5 Å². The van der Waals surface area contributed by atoms with Crippen molar-refractivity contribution in [3.8, 4) is 11.5 Å². The number of aromatic amines is 1. The van der Waals surface area contributed by atoms with Crippen LogP contribution < -0.4 is 9.47 Å². The maximum atomic E-state index is 11.9. The number of Topliss-reactive ketones (excluding diaryl/α,β-unsaturated/α-hetero) is 1. The Labute approximate surface area is 139 Å². The van der Waals surface area contributed by atoms with E-state index in [4.69, 9.17) is 21.1 Å². The summed E-state index contributed by atoms with van der Waals surface area (Å²) in [6.45, 7) is 0.423. The summed E-state index contributed by atoms with van der Waals surface area (Å²) in [5, 5.41) is 0.777. The van der Waals surface area contributed by atoms with Crippen LogP contribution in [0.1, 0.15) is 15.9 Å². The molecule has 2 aromatic carbocycles. The van der Waals surface area contributed by atoms with Gasteiger partial charge >= 0.3 is 0 Å². The second-order valence-electron chi connectivity index (χ2n) is 5.08. The van der Waals surface area contributed by atoms with E-state index in [1.165, 1.54) is 0 Å². The van der Waals surface area contributed by atoms with Crippen molar-refractivity contribution in [2.75, 3.05) is 13.0 Å². The first-order valence-corrected chi connectivity index (χ1v) is 7.71. The number of methoxy groups -OCH3 is 1. The number of rotatable bonds is 6. The van der Waals surface area contributed by atoms with E-state index in [-0.39, 0.29) is 11.7 Å². The van der Waals surface area contributed by atoms with E-state index in [1.54, 1.807) is 13.3 Å². The third kappa shape index (κ3) is 3.17. The number of benzene rings is 2. The van der Waals surface area contributed by atoms with Crippen LogP contribution in [0.2, 0.25) is 0 Å². The molecule has 0 bridgehead atoms. The summed E-state index contributed by atoms with van der Waals surface area (Å²) < 4.78 is 11.3. The highest BCUT2D eigenvalue weighted by Crippen LogP contribution is 2.34. The van der Waals surface area contributed by atoms with E-state index >= 15 is 0 Å². The number of hydrogen-bond acceptors (Lipinski definition) is 3. The molecule has 0 saturated heterocycles. The van der Waals surface area contributed by atoms with Crippen LogP contribution in [0.25, 0.3) is 10.9 Å². The third-order valence-corrected chi connectivity index (χ3v) is 3.87. The molecule has 0 radical (unpaired) electrons. The van der Waals surface area contributed by atoms with E-state index < -0.39 is 0 Å². The van der Waals surface area contributed by atoms with Crippen molar-refractivity contribution in [3.63, 3.8) is 0 Å². The van der Waals surface area contributed by atoms with Crippen LogP contribution in [-0.2, 0) is 6.61 Å². The van der Waals surface area contributed by atoms with Crippen molar-refractivity contribution >= 4 is 28.3 Å². The van der Waals surface area contributed by atoms with Crippen molar-refractivity contribution in [1.29, 1.82) is 0 Å². The molecule has 23 heavy (non-hydrogen) atoms. The minimum Gasteiger partial charge on any atom is -0.493 e. The number of halogens is 1. The lowest BCUT2D eigenvalue weighted by molar-refractivity contribution is 0.102. The van der Waals surface area contributed by atoms with Gasteiger partial charge in [-0.15, -0.1) is 11.6 Å². The SMILES string of the molecule is COc1cc2[nH]cc(C(=O)CCl)c2cc1OCc1ccccc1. The zero-order valence-corrected chi connectivity index (χ0v) is 13.4. The first-order chi connectivity index (χ1) is 11.2. The van der Waals surface area contributed by atoms with Gasteiger partial charge in [-0.25, -0.2) is 0 Å². The van der Waals surface area contributed by atoms with Gasteiger partial charge in [-0.3, -0.25) is 4.79 Å². The largest absolute Gasteiger partial charge is 0.493 e. The average molecular weight is 330 g/mol. The highest BCUT2D eigenvalue weighted by atomic mass is 35.5. The summed E-state index contributed by atoms with van der Waals surface area (Å²) in [7, 11) is 1.59. The number of nitrogens with one attached hydrogen (secondary N) is 1. The Morgan fingerprint density at radius 1 is 1.17 bits per heavy atom. The molecule has 1 heterocycles. The van der Waals surface area contributed by atoms with Crippen LogP contribution in [0.15, 0.2) is 48.7 Å². The summed E-state index contributed by atoms with van der Waals surface area (Å²) >= 11 is 5.66. The van der Waals surface area contributed by atoms with E-state index in [0.717, 1.165) is 16.5 Å². The summed E-state index contributed by atoms with van der Waals surface area (Å²) in [4.78, 5) is 15.0. The molecule has 0 aliphatic rings. The number of carbonyl (C=O) groups is 1. The molecule has 4 nitrogen and oxygen atoms in total. The molecule has 0 saturated carbocycles. The number of fused-ring (bicyclic) bond motifs is 1. The highest BCUT2D eigenvalue weighted by molar-refractivity contribution is 6.32. The van der Waals surface area contributed by atoms with Gasteiger partial charge < -0.3 is 14.5 Å². The van der Waals surface area contributed by atoms with Gasteiger partial charge in [-0.1, -0.05) is 30.3 Å². The minimum absolute atomic E-state index is 0.0564. The smallest absolute Gasteiger partial charge is 0.179 e. The van der Waals surface area contributed by atoms with Gasteiger partial charge in [0.2, 0.25) is 0 Å². The van der Waals surface area contributed by atoms with Gasteiger partial charge in [0.15, 0.2) is 17.3 Å². The molecule has 0 aliphatic carbocycles. The number of H-pyrrole nitrogens is 1. The Morgan fingerprint density at radius 3 is 2.65 bits per heavy atom. The molecule has 3 rings (SSSR count). The number of aromatic nitrogens is 1. The molecule has 0 amide bonds.